The molecule has 1 aromatic heterocycles. The third-order valence-corrected chi connectivity index (χ3v) is 4.00. The lowest BCUT2D eigenvalue weighted by molar-refractivity contribution is 0.796. The predicted octanol–water partition coefficient (Wildman–Crippen LogP) is 3.82. The highest BCUT2D eigenvalue weighted by molar-refractivity contribution is 5.41. The molecule has 3 aromatic rings. The Hall–Kier alpha value is -2.95. The smallest absolute Gasteiger partial charge is 0.244 e. The molecule has 0 bridgehead atoms. The van der Waals surface area contributed by atoms with Gasteiger partial charge in [-0.1, -0.05) is 60.2 Å². The Morgan fingerprint density at radius 1 is 1.00 bits per heavy atom. The van der Waals surface area contributed by atoms with E-state index in [1.54, 1.807) is 6.20 Å². The summed E-state index contributed by atoms with van der Waals surface area (Å²) in [5.74, 6) is 1.37. The average Bonchev–Trinajstić information content (AvgIpc) is 2.65. The van der Waals surface area contributed by atoms with Crippen LogP contribution in [-0.2, 0) is 13.1 Å². The van der Waals surface area contributed by atoms with Gasteiger partial charge in [0.2, 0.25) is 5.95 Å². The van der Waals surface area contributed by atoms with Gasteiger partial charge in [-0.3, -0.25) is 0 Å². The van der Waals surface area contributed by atoms with Crippen LogP contribution in [0, 0.1) is 6.92 Å². The Morgan fingerprint density at radius 2 is 1.80 bits per heavy atom. The van der Waals surface area contributed by atoms with Crippen molar-refractivity contribution in [2.75, 3.05) is 16.8 Å². The maximum atomic E-state index is 4.62. The molecule has 0 aliphatic heterocycles. The average molecular weight is 333 g/mol. The van der Waals surface area contributed by atoms with Gasteiger partial charge < -0.3 is 10.2 Å². The Kier molecular flexibility index (Phi) is 5.57. The zero-order valence-electron chi connectivity index (χ0n) is 14.7. The van der Waals surface area contributed by atoms with Crippen molar-refractivity contribution in [3.8, 4) is 0 Å². The van der Waals surface area contributed by atoms with E-state index in [1.807, 2.05) is 6.07 Å². The molecule has 5 heteroatoms. The molecule has 0 aliphatic rings. The van der Waals surface area contributed by atoms with E-state index in [-0.39, 0.29) is 0 Å². The molecule has 5 nitrogen and oxygen atoms in total. The SMILES string of the molecule is CCN(Cc1ccccc1)c1cnnc(NCc2cccc(C)c2)n1. The zero-order valence-corrected chi connectivity index (χ0v) is 14.7. The largest absolute Gasteiger partial charge is 0.351 e. The van der Waals surface area contributed by atoms with Gasteiger partial charge in [-0.25, -0.2) is 0 Å². The number of anilines is 2. The molecular weight excluding hydrogens is 310 g/mol. The summed E-state index contributed by atoms with van der Waals surface area (Å²) in [6.45, 7) is 6.53. The van der Waals surface area contributed by atoms with Gasteiger partial charge in [0.15, 0.2) is 5.82 Å². The van der Waals surface area contributed by atoms with Crippen molar-refractivity contribution in [2.45, 2.75) is 26.9 Å². The number of hydrogen-bond donors (Lipinski definition) is 1. The molecule has 3 rings (SSSR count). The van der Waals surface area contributed by atoms with Gasteiger partial charge in [-0.15, -0.1) is 5.10 Å². The minimum atomic E-state index is 0.547. The Balaban J connectivity index is 1.69. The highest BCUT2D eigenvalue weighted by atomic mass is 15.3. The zero-order chi connectivity index (χ0) is 17.5. The molecule has 128 valence electrons. The number of nitrogens with zero attached hydrogens (tertiary/aromatic N) is 4. The monoisotopic (exact) mass is 333 g/mol. The highest BCUT2D eigenvalue weighted by Crippen LogP contribution is 2.15. The number of hydrogen-bond acceptors (Lipinski definition) is 5. The fraction of sp³-hybridized carbons (Fsp3) is 0.250. The second-order valence-corrected chi connectivity index (χ2v) is 5.98. The van der Waals surface area contributed by atoms with Gasteiger partial charge >= 0.3 is 0 Å². The van der Waals surface area contributed by atoms with Gasteiger partial charge in [0.1, 0.15) is 0 Å². The summed E-state index contributed by atoms with van der Waals surface area (Å²) in [5.41, 5.74) is 3.69. The lowest BCUT2D eigenvalue weighted by Crippen LogP contribution is -2.24. The fourth-order valence-electron chi connectivity index (χ4n) is 2.68. The van der Waals surface area contributed by atoms with Gasteiger partial charge in [-0.2, -0.15) is 10.1 Å². The standard InChI is InChI=1S/C20H23N5/c1-3-25(15-17-9-5-4-6-10-17)19-14-22-24-20(23-19)21-13-18-11-7-8-16(2)12-18/h4-12,14H,3,13,15H2,1-2H3,(H,21,23,24). The molecule has 0 radical (unpaired) electrons. The van der Waals surface area contributed by atoms with Gasteiger partial charge in [-0.05, 0) is 25.0 Å². The van der Waals surface area contributed by atoms with Crippen molar-refractivity contribution in [2.24, 2.45) is 0 Å². The second kappa shape index (κ2) is 8.24. The van der Waals surface area contributed by atoms with Crippen molar-refractivity contribution in [1.82, 2.24) is 15.2 Å². The van der Waals surface area contributed by atoms with Crippen LogP contribution in [0.5, 0.6) is 0 Å². The Morgan fingerprint density at radius 3 is 2.56 bits per heavy atom. The van der Waals surface area contributed by atoms with E-state index in [4.69, 9.17) is 0 Å². The lowest BCUT2D eigenvalue weighted by atomic mass is 10.1. The third kappa shape index (κ3) is 4.76. The van der Waals surface area contributed by atoms with Crippen LogP contribution in [0.25, 0.3) is 0 Å². The Bertz CT molecular complexity index is 804. The number of nitrogens with one attached hydrogen (secondary N) is 1. The van der Waals surface area contributed by atoms with Crippen LogP contribution in [0.4, 0.5) is 11.8 Å². The molecule has 0 fully saturated rings. The molecule has 0 spiro atoms. The van der Waals surface area contributed by atoms with Crippen molar-refractivity contribution >= 4 is 11.8 Å². The van der Waals surface area contributed by atoms with Crippen LogP contribution in [0.15, 0.2) is 60.8 Å². The minimum absolute atomic E-state index is 0.547. The number of rotatable bonds is 7. The molecule has 0 atom stereocenters. The third-order valence-electron chi connectivity index (χ3n) is 4.00. The first-order valence-corrected chi connectivity index (χ1v) is 8.52. The molecule has 0 aliphatic carbocycles. The van der Waals surface area contributed by atoms with Crippen molar-refractivity contribution < 1.29 is 0 Å². The van der Waals surface area contributed by atoms with E-state index < -0.39 is 0 Å². The summed E-state index contributed by atoms with van der Waals surface area (Å²) in [7, 11) is 0. The van der Waals surface area contributed by atoms with E-state index in [0.29, 0.717) is 12.5 Å². The van der Waals surface area contributed by atoms with E-state index in [2.05, 4.69) is 87.8 Å². The van der Waals surface area contributed by atoms with E-state index in [0.717, 1.165) is 18.9 Å². The molecule has 1 heterocycles. The molecule has 0 saturated heterocycles. The normalized spacial score (nSPS) is 10.5. The van der Waals surface area contributed by atoms with Crippen molar-refractivity contribution in [3.63, 3.8) is 0 Å². The van der Waals surface area contributed by atoms with Crippen molar-refractivity contribution in [3.05, 3.63) is 77.5 Å². The molecule has 0 unspecified atom stereocenters. The van der Waals surface area contributed by atoms with Crippen LogP contribution in [0.2, 0.25) is 0 Å². The number of benzene rings is 2. The fourth-order valence-corrected chi connectivity index (χ4v) is 2.68. The molecule has 0 amide bonds. The van der Waals surface area contributed by atoms with E-state index >= 15 is 0 Å². The summed E-state index contributed by atoms with van der Waals surface area (Å²) in [4.78, 5) is 6.80. The minimum Gasteiger partial charge on any atom is -0.351 e. The van der Waals surface area contributed by atoms with Crippen LogP contribution < -0.4 is 10.2 Å². The van der Waals surface area contributed by atoms with Crippen LogP contribution >= 0.6 is 0 Å². The first-order chi connectivity index (χ1) is 12.2. The number of aryl methyl sites for hydroxylation is 1. The maximum absolute atomic E-state index is 4.62. The van der Waals surface area contributed by atoms with Gasteiger partial charge in [0.25, 0.3) is 0 Å². The Labute approximate surface area is 148 Å². The molecule has 25 heavy (non-hydrogen) atoms. The predicted molar refractivity (Wildman–Crippen MR) is 101 cm³/mol. The molecule has 0 saturated carbocycles. The molecule has 1 N–H and O–H groups in total. The van der Waals surface area contributed by atoms with Gasteiger partial charge in [0.05, 0.1) is 6.20 Å². The summed E-state index contributed by atoms with van der Waals surface area (Å²) in [5, 5.41) is 11.5. The van der Waals surface area contributed by atoms with Crippen LogP contribution in [0.1, 0.15) is 23.6 Å². The molecular formula is C20H23N5. The van der Waals surface area contributed by atoms with E-state index in [9.17, 15) is 0 Å². The quantitative estimate of drug-likeness (QED) is 0.712. The summed E-state index contributed by atoms with van der Waals surface area (Å²) >= 11 is 0. The highest BCUT2D eigenvalue weighted by Gasteiger charge is 2.09. The summed E-state index contributed by atoms with van der Waals surface area (Å²) in [6, 6.07) is 18.8. The molecule has 2 aromatic carbocycles. The van der Waals surface area contributed by atoms with Crippen LogP contribution in [0.3, 0.4) is 0 Å². The second-order valence-electron chi connectivity index (χ2n) is 5.98. The topological polar surface area (TPSA) is 53.9 Å². The van der Waals surface area contributed by atoms with Crippen LogP contribution in [-0.4, -0.2) is 21.7 Å². The maximum Gasteiger partial charge on any atom is 0.244 e. The summed E-state index contributed by atoms with van der Waals surface area (Å²) in [6.07, 6.45) is 1.71. The summed E-state index contributed by atoms with van der Waals surface area (Å²) < 4.78 is 0. The first kappa shape index (κ1) is 16.9. The first-order valence-electron chi connectivity index (χ1n) is 8.52. The van der Waals surface area contributed by atoms with E-state index in [1.165, 1.54) is 16.7 Å². The van der Waals surface area contributed by atoms with Crippen molar-refractivity contribution in [1.29, 1.82) is 0 Å². The number of aromatic nitrogens is 3. The lowest BCUT2D eigenvalue weighted by Gasteiger charge is -2.21. The van der Waals surface area contributed by atoms with Gasteiger partial charge in [0, 0.05) is 19.6 Å².